The average Bonchev–Trinajstić information content (AvgIpc) is 2.87. The van der Waals surface area contributed by atoms with Gasteiger partial charge in [-0.2, -0.15) is 0 Å². The zero-order valence-corrected chi connectivity index (χ0v) is 8.84. The lowest BCUT2D eigenvalue weighted by Gasteiger charge is -2.12. The molecule has 0 aliphatic heterocycles. The van der Waals surface area contributed by atoms with E-state index in [2.05, 4.69) is 32.3 Å². The van der Waals surface area contributed by atoms with Crippen molar-refractivity contribution in [3.63, 3.8) is 0 Å². The Balaban J connectivity index is 2.37. The van der Waals surface area contributed by atoms with Crippen LogP contribution in [0.25, 0.3) is 0 Å². The van der Waals surface area contributed by atoms with E-state index >= 15 is 0 Å². The highest BCUT2D eigenvalue weighted by Crippen LogP contribution is 2.28. The van der Waals surface area contributed by atoms with Crippen LogP contribution < -0.4 is 0 Å². The molecule has 0 amide bonds. The number of allylic oxidation sites excluding steroid dienone is 1. The summed E-state index contributed by atoms with van der Waals surface area (Å²) in [4.78, 5) is 0. The third kappa shape index (κ3) is 4.18. The van der Waals surface area contributed by atoms with Gasteiger partial charge in [-0.15, -0.1) is 6.58 Å². The fourth-order valence-electron chi connectivity index (χ4n) is 1.32. The van der Waals surface area contributed by atoms with Gasteiger partial charge in [-0.3, -0.25) is 0 Å². The van der Waals surface area contributed by atoms with Gasteiger partial charge < -0.3 is 0 Å². The minimum absolute atomic E-state index is 0.582. The summed E-state index contributed by atoms with van der Waals surface area (Å²) in [5.41, 5.74) is 0. The van der Waals surface area contributed by atoms with E-state index < -0.39 is 0 Å². The first kappa shape index (κ1) is 10.4. The summed E-state index contributed by atoms with van der Waals surface area (Å²) in [6, 6.07) is 0. The van der Waals surface area contributed by atoms with Crippen molar-refractivity contribution in [3.8, 4) is 11.8 Å². The summed E-state index contributed by atoms with van der Waals surface area (Å²) < 4.78 is 0. The largest absolute Gasteiger partial charge is 0.103 e. The van der Waals surface area contributed by atoms with E-state index in [9.17, 15) is 0 Å². The van der Waals surface area contributed by atoms with E-state index in [0.29, 0.717) is 11.8 Å². The SMILES string of the molecule is C=CCCC(C#CC1CC1)C(C)C. The third-order valence-electron chi connectivity index (χ3n) is 2.54. The van der Waals surface area contributed by atoms with E-state index in [1.54, 1.807) is 0 Å². The lowest BCUT2D eigenvalue weighted by molar-refractivity contribution is 0.454. The Hall–Kier alpha value is -0.700. The Morgan fingerprint density at radius 1 is 1.46 bits per heavy atom. The molecular weight excluding hydrogens is 156 g/mol. The van der Waals surface area contributed by atoms with Crippen LogP contribution in [-0.2, 0) is 0 Å². The van der Waals surface area contributed by atoms with Crippen molar-refractivity contribution < 1.29 is 0 Å². The van der Waals surface area contributed by atoms with Gasteiger partial charge in [0.1, 0.15) is 0 Å². The van der Waals surface area contributed by atoms with Gasteiger partial charge in [-0.05, 0) is 31.6 Å². The van der Waals surface area contributed by atoms with Crippen molar-refractivity contribution in [1.29, 1.82) is 0 Å². The second-order valence-corrected chi connectivity index (χ2v) is 4.28. The maximum Gasteiger partial charge on any atom is 0.0228 e. The van der Waals surface area contributed by atoms with Crippen molar-refractivity contribution in [2.75, 3.05) is 0 Å². The highest BCUT2D eigenvalue weighted by molar-refractivity contribution is 5.12. The zero-order valence-electron chi connectivity index (χ0n) is 8.84. The van der Waals surface area contributed by atoms with Gasteiger partial charge in [0.05, 0.1) is 0 Å². The molecule has 0 bridgehead atoms. The second-order valence-electron chi connectivity index (χ2n) is 4.28. The number of hydrogen-bond acceptors (Lipinski definition) is 0. The molecular formula is C13H20. The molecule has 1 unspecified atom stereocenters. The lowest BCUT2D eigenvalue weighted by atomic mass is 9.91. The molecule has 0 radical (unpaired) electrons. The van der Waals surface area contributed by atoms with Crippen LogP contribution in [0.5, 0.6) is 0 Å². The van der Waals surface area contributed by atoms with Gasteiger partial charge in [0.25, 0.3) is 0 Å². The zero-order chi connectivity index (χ0) is 9.68. The molecule has 0 aromatic heterocycles. The van der Waals surface area contributed by atoms with Gasteiger partial charge in [0.2, 0.25) is 0 Å². The van der Waals surface area contributed by atoms with E-state index in [0.717, 1.165) is 12.3 Å². The summed E-state index contributed by atoms with van der Waals surface area (Å²) in [7, 11) is 0. The molecule has 1 rings (SSSR count). The molecule has 0 saturated heterocycles. The van der Waals surface area contributed by atoms with E-state index in [4.69, 9.17) is 0 Å². The van der Waals surface area contributed by atoms with Gasteiger partial charge >= 0.3 is 0 Å². The van der Waals surface area contributed by atoms with Crippen molar-refractivity contribution >= 4 is 0 Å². The van der Waals surface area contributed by atoms with Crippen LogP contribution in [0.2, 0.25) is 0 Å². The smallest absolute Gasteiger partial charge is 0.0228 e. The Morgan fingerprint density at radius 3 is 2.62 bits per heavy atom. The molecule has 0 heterocycles. The number of rotatable bonds is 4. The standard InChI is InChI=1S/C13H20/c1-4-5-6-13(11(2)3)10-9-12-7-8-12/h4,11-13H,1,5-8H2,2-3H3. The van der Waals surface area contributed by atoms with E-state index in [1.807, 2.05) is 6.08 Å². The van der Waals surface area contributed by atoms with Crippen LogP contribution in [0.3, 0.4) is 0 Å². The predicted octanol–water partition coefficient (Wildman–Crippen LogP) is 3.64. The van der Waals surface area contributed by atoms with Crippen LogP contribution in [0.1, 0.15) is 39.5 Å². The minimum Gasteiger partial charge on any atom is -0.103 e. The van der Waals surface area contributed by atoms with E-state index in [1.165, 1.54) is 19.3 Å². The molecule has 1 saturated carbocycles. The molecule has 0 heteroatoms. The fourth-order valence-corrected chi connectivity index (χ4v) is 1.32. The van der Waals surface area contributed by atoms with Crippen molar-refractivity contribution in [2.45, 2.75) is 39.5 Å². The molecule has 0 nitrogen and oxygen atoms in total. The molecule has 72 valence electrons. The third-order valence-corrected chi connectivity index (χ3v) is 2.54. The molecule has 0 N–H and O–H groups in total. The fraction of sp³-hybridized carbons (Fsp3) is 0.692. The Labute approximate surface area is 82.4 Å². The van der Waals surface area contributed by atoms with E-state index in [-0.39, 0.29) is 0 Å². The van der Waals surface area contributed by atoms with Crippen molar-refractivity contribution in [1.82, 2.24) is 0 Å². The van der Waals surface area contributed by atoms with Gasteiger partial charge in [-0.1, -0.05) is 31.8 Å². The summed E-state index contributed by atoms with van der Waals surface area (Å²) in [5, 5.41) is 0. The highest BCUT2D eigenvalue weighted by Gasteiger charge is 2.18. The first-order valence-electron chi connectivity index (χ1n) is 5.36. The first-order chi connectivity index (χ1) is 6.24. The maximum atomic E-state index is 3.75. The quantitative estimate of drug-likeness (QED) is 0.453. The van der Waals surface area contributed by atoms with Crippen LogP contribution >= 0.6 is 0 Å². The van der Waals surface area contributed by atoms with Crippen LogP contribution in [0, 0.1) is 29.6 Å². The molecule has 1 aliphatic rings. The molecule has 1 atom stereocenters. The Kier molecular flexibility index (Phi) is 4.09. The average molecular weight is 176 g/mol. The molecule has 13 heavy (non-hydrogen) atoms. The number of hydrogen-bond donors (Lipinski definition) is 0. The van der Waals surface area contributed by atoms with Crippen LogP contribution in [0.15, 0.2) is 12.7 Å². The van der Waals surface area contributed by atoms with Crippen molar-refractivity contribution in [3.05, 3.63) is 12.7 Å². The lowest BCUT2D eigenvalue weighted by Crippen LogP contribution is -2.05. The topological polar surface area (TPSA) is 0 Å². The summed E-state index contributed by atoms with van der Waals surface area (Å²) in [5.74, 6) is 8.79. The molecule has 0 aromatic rings. The van der Waals surface area contributed by atoms with Gasteiger partial charge in [-0.25, -0.2) is 0 Å². The minimum atomic E-state index is 0.582. The molecule has 0 spiro atoms. The molecule has 1 aliphatic carbocycles. The Bertz CT molecular complexity index is 210. The monoisotopic (exact) mass is 176 g/mol. The Morgan fingerprint density at radius 2 is 2.15 bits per heavy atom. The van der Waals surface area contributed by atoms with Gasteiger partial charge in [0.15, 0.2) is 0 Å². The van der Waals surface area contributed by atoms with Crippen LogP contribution in [0.4, 0.5) is 0 Å². The van der Waals surface area contributed by atoms with Crippen molar-refractivity contribution in [2.24, 2.45) is 17.8 Å². The second kappa shape index (κ2) is 5.12. The van der Waals surface area contributed by atoms with Crippen LogP contribution in [-0.4, -0.2) is 0 Å². The first-order valence-corrected chi connectivity index (χ1v) is 5.36. The summed E-state index contributed by atoms with van der Waals surface area (Å²) in [6.45, 7) is 8.27. The highest BCUT2D eigenvalue weighted by atomic mass is 14.2. The molecule has 0 aromatic carbocycles. The molecule has 1 fully saturated rings. The maximum absolute atomic E-state index is 3.75. The normalized spacial score (nSPS) is 17.8. The summed E-state index contributed by atoms with van der Waals surface area (Å²) in [6.07, 6.45) is 6.94. The van der Waals surface area contributed by atoms with Gasteiger partial charge in [0, 0.05) is 11.8 Å². The summed E-state index contributed by atoms with van der Waals surface area (Å²) >= 11 is 0. The predicted molar refractivity (Wildman–Crippen MR) is 58.3 cm³/mol.